The smallest absolute Gasteiger partial charge is 0.241 e. The summed E-state index contributed by atoms with van der Waals surface area (Å²) in [6.07, 6.45) is 11.0. The summed E-state index contributed by atoms with van der Waals surface area (Å²) in [5, 5.41) is 22.9. The molecule has 34 heavy (non-hydrogen) atoms. The molecule has 1 saturated heterocycles. The summed E-state index contributed by atoms with van der Waals surface area (Å²) in [6, 6.07) is 8.40. The SMILES string of the molecule is C[C@@H](Nc1ncc2c(-c3cnn(C4COC4)c3)cc(C3CCC(O)CC3)n2n1)c1ccccn1. The number of aliphatic hydroxyl groups excluding tert-OH is 1. The number of nitrogens with zero attached hydrogens (tertiary/aromatic N) is 6. The molecule has 0 radical (unpaired) electrons. The van der Waals surface area contributed by atoms with Gasteiger partial charge in [-0.1, -0.05) is 6.07 Å². The maximum atomic E-state index is 10.0. The molecule has 1 atom stereocenters. The fraction of sp³-hybridized carbons (Fsp3) is 0.440. The van der Waals surface area contributed by atoms with Crippen LogP contribution in [0.3, 0.4) is 0 Å². The molecule has 4 aromatic rings. The van der Waals surface area contributed by atoms with Gasteiger partial charge in [0, 0.05) is 35.1 Å². The highest BCUT2D eigenvalue weighted by Crippen LogP contribution is 2.38. The quantitative estimate of drug-likeness (QED) is 0.453. The fourth-order valence-electron chi connectivity index (χ4n) is 4.93. The summed E-state index contributed by atoms with van der Waals surface area (Å²) in [5.74, 6) is 0.905. The van der Waals surface area contributed by atoms with Crippen molar-refractivity contribution in [1.29, 1.82) is 0 Å². The van der Waals surface area contributed by atoms with Crippen LogP contribution in [0.15, 0.2) is 49.1 Å². The lowest BCUT2D eigenvalue weighted by molar-refractivity contribution is -0.0286. The summed E-state index contributed by atoms with van der Waals surface area (Å²) >= 11 is 0. The second-order valence-corrected chi connectivity index (χ2v) is 9.39. The number of ether oxygens (including phenoxy) is 1. The molecule has 2 N–H and O–H groups in total. The van der Waals surface area contributed by atoms with E-state index in [1.165, 1.54) is 0 Å². The number of aromatic nitrogens is 6. The van der Waals surface area contributed by atoms with E-state index in [1.807, 2.05) is 39.8 Å². The van der Waals surface area contributed by atoms with E-state index in [2.05, 4.69) is 39.6 Å². The number of hydrogen-bond acceptors (Lipinski definition) is 7. The predicted octanol–water partition coefficient (Wildman–Crippen LogP) is 3.75. The zero-order valence-corrected chi connectivity index (χ0v) is 19.2. The highest BCUT2D eigenvalue weighted by molar-refractivity contribution is 5.81. The van der Waals surface area contributed by atoms with E-state index >= 15 is 0 Å². The lowest BCUT2D eigenvalue weighted by Gasteiger charge is -2.25. The predicted molar refractivity (Wildman–Crippen MR) is 128 cm³/mol. The molecule has 0 bridgehead atoms. The van der Waals surface area contributed by atoms with Crippen molar-refractivity contribution in [2.45, 2.75) is 56.7 Å². The Morgan fingerprint density at radius 1 is 1.12 bits per heavy atom. The number of aliphatic hydroxyl groups is 1. The number of pyridine rings is 1. The Bertz CT molecular complexity index is 1270. The lowest BCUT2D eigenvalue weighted by Crippen LogP contribution is -2.30. The molecule has 5 heterocycles. The molecule has 0 amide bonds. The van der Waals surface area contributed by atoms with Gasteiger partial charge in [0.1, 0.15) is 0 Å². The van der Waals surface area contributed by atoms with E-state index in [-0.39, 0.29) is 12.1 Å². The number of nitrogens with one attached hydrogen (secondary N) is 1. The van der Waals surface area contributed by atoms with Crippen molar-refractivity contribution in [3.8, 4) is 11.1 Å². The van der Waals surface area contributed by atoms with Crippen LogP contribution in [-0.2, 0) is 4.74 Å². The number of fused-ring (bicyclic) bond motifs is 1. The molecule has 9 heteroatoms. The monoisotopic (exact) mass is 459 g/mol. The van der Waals surface area contributed by atoms with Crippen LogP contribution in [0.1, 0.15) is 62.0 Å². The minimum atomic E-state index is -0.198. The van der Waals surface area contributed by atoms with Gasteiger partial charge < -0.3 is 15.2 Å². The normalized spacial score (nSPS) is 21.9. The van der Waals surface area contributed by atoms with Gasteiger partial charge in [-0.3, -0.25) is 9.67 Å². The van der Waals surface area contributed by atoms with Crippen molar-refractivity contribution in [3.05, 3.63) is 60.4 Å². The Kier molecular flexibility index (Phi) is 5.50. The molecule has 0 aromatic carbocycles. The van der Waals surface area contributed by atoms with Gasteiger partial charge in [0.2, 0.25) is 5.95 Å². The van der Waals surface area contributed by atoms with E-state index in [0.717, 1.165) is 53.7 Å². The Hall–Kier alpha value is -3.30. The van der Waals surface area contributed by atoms with Gasteiger partial charge in [-0.25, -0.2) is 9.50 Å². The molecule has 2 aliphatic rings. The highest BCUT2D eigenvalue weighted by Gasteiger charge is 2.27. The van der Waals surface area contributed by atoms with E-state index in [4.69, 9.17) is 9.84 Å². The van der Waals surface area contributed by atoms with Crippen LogP contribution in [0.5, 0.6) is 0 Å². The first-order valence-corrected chi connectivity index (χ1v) is 12.0. The van der Waals surface area contributed by atoms with Gasteiger partial charge in [-0.2, -0.15) is 5.10 Å². The third-order valence-corrected chi connectivity index (χ3v) is 7.04. The second kappa shape index (κ2) is 8.81. The van der Waals surface area contributed by atoms with Crippen LogP contribution < -0.4 is 5.32 Å². The van der Waals surface area contributed by atoms with Crippen molar-refractivity contribution in [1.82, 2.24) is 29.4 Å². The van der Waals surface area contributed by atoms with Crippen LogP contribution in [0.4, 0.5) is 5.95 Å². The second-order valence-electron chi connectivity index (χ2n) is 9.39. The zero-order valence-electron chi connectivity index (χ0n) is 19.2. The Morgan fingerprint density at radius 2 is 1.97 bits per heavy atom. The molecule has 176 valence electrons. The van der Waals surface area contributed by atoms with Gasteiger partial charge >= 0.3 is 0 Å². The number of rotatable bonds is 6. The average Bonchev–Trinajstić information content (AvgIpc) is 3.44. The first-order valence-electron chi connectivity index (χ1n) is 12.0. The first kappa shape index (κ1) is 21.2. The molecule has 4 aromatic heterocycles. The standard InChI is InChI=1S/C25H29N7O2/c1-16(22-4-2-3-9-26-22)29-25-27-12-24-21(18-11-28-31(13-18)19-14-34-15-19)10-23(32(24)30-25)17-5-7-20(33)8-6-17/h2-4,9-13,16-17,19-20,33H,5-8,14-15H2,1H3,(H,29,30)/t16-,17?,20?/m1/s1. The molecule has 6 rings (SSSR count). The van der Waals surface area contributed by atoms with Crippen LogP contribution in [0.25, 0.3) is 16.6 Å². The summed E-state index contributed by atoms with van der Waals surface area (Å²) in [5.41, 5.74) is 5.19. The summed E-state index contributed by atoms with van der Waals surface area (Å²) in [7, 11) is 0. The number of hydrogen-bond donors (Lipinski definition) is 2. The summed E-state index contributed by atoms with van der Waals surface area (Å²) in [6.45, 7) is 3.47. The van der Waals surface area contributed by atoms with Gasteiger partial charge in [-0.15, -0.1) is 5.10 Å². The molecule has 9 nitrogen and oxygen atoms in total. The van der Waals surface area contributed by atoms with Crippen molar-refractivity contribution in [2.75, 3.05) is 18.5 Å². The largest absolute Gasteiger partial charge is 0.393 e. The van der Waals surface area contributed by atoms with Crippen LogP contribution in [0, 0.1) is 0 Å². The van der Waals surface area contributed by atoms with E-state index < -0.39 is 0 Å². The molecular weight excluding hydrogens is 430 g/mol. The summed E-state index contributed by atoms with van der Waals surface area (Å²) < 4.78 is 9.35. The van der Waals surface area contributed by atoms with E-state index in [9.17, 15) is 5.11 Å². The minimum absolute atomic E-state index is 0.0233. The van der Waals surface area contributed by atoms with Crippen LogP contribution in [0.2, 0.25) is 0 Å². The van der Waals surface area contributed by atoms with Gasteiger partial charge in [-0.05, 0) is 50.8 Å². The van der Waals surface area contributed by atoms with E-state index in [0.29, 0.717) is 31.1 Å². The van der Waals surface area contributed by atoms with E-state index in [1.54, 1.807) is 6.20 Å². The maximum absolute atomic E-state index is 10.0. The molecule has 1 saturated carbocycles. The molecular formula is C25H29N7O2. The lowest BCUT2D eigenvalue weighted by atomic mass is 9.85. The highest BCUT2D eigenvalue weighted by atomic mass is 16.5. The Morgan fingerprint density at radius 3 is 2.71 bits per heavy atom. The minimum Gasteiger partial charge on any atom is -0.393 e. The summed E-state index contributed by atoms with van der Waals surface area (Å²) in [4.78, 5) is 9.08. The Balaban J connectivity index is 1.37. The van der Waals surface area contributed by atoms with Gasteiger partial charge in [0.15, 0.2) is 0 Å². The van der Waals surface area contributed by atoms with Crippen molar-refractivity contribution < 1.29 is 9.84 Å². The van der Waals surface area contributed by atoms with Crippen molar-refractivity contribution in [2.24, 2.45) is 0 Å². The maximum Gasteiger partial charge on any atom is 0.241 e. The van der Waals surface area contributed by atoms with Crippen molar-refractivity contribution >= 4 is 11.5 Å². The third-order valence-electron chi connectivity index (χ3n) is 7.04. The molecule has 0 unspecified atom stereocenters. The molecule has 1 aliphatic carbocycles. The molecule has 1 aliphatic heterocycles. The zero-order chi connectivity index (χ0) is 23.1. The topological polar surface area (TPSA) is 102 Å². The molecule has 2 fully saturated rings. The van der Waals surface area contributed by atoms with Crippen molar-refractivity contribution in [3.63, 3.8) is 0 Å². The third kappa shape index (κ3) is 3.95. The van der Waals surface area contributed by atoms with Gasteiger partial charge in [0.25, 0.3) is 0 Å². The fourth-order valence-corrected chi connectivity index (χ4v) is 4.93. The average molecular weight is 460 g/mol. The van der Waals surface area contributed by atoms with Crippen LogP contribution >= 0.6 is 0 Å². The molecule has 0 spiro atoms. The van der Waals surface area contributed by atoms with Crippen LogP contribution in [-0.4, -0.2) is 53.8 Å². The first-order chi connectivity index (χ1) is 16.7. The van der Waals surface area contributed by atoms with Gasteiger partial charge in [0.05, 0.1) is 55.0 Å². The number of anilines is 1. The Labute approximate surface area is 197 Å².